The Morgan fingerprint density at radius 1 is 0.406 bits per heavy atom. The first-order valence-electron chi connectivity index (χ1n) is 20.5. The van der Waals surface area contributed by atoms with Crippen LogP contribution in [-0.4, -0.2) is 19.1 Å². The van der Waals surface area contributed by atoms with Gasteiger partial charge in [0.15, 0.2) is 5.82 Å². The van der Waals surface area contributed by atoms with Crippen molar-refractivity contribution in [1.29, 1.82) is 10.5 Å². The van der Waals surface area contributed by atoms with E-state index in [4.69, 9.17) is 9.97 Å². The Hall–Kier alpha value is -8.79. The summed E-state index contributed by atoms with van der Waals surface area (Å²) in [5.74, 6) is 0.541. The summed E-state index contributed by atoms with van der Waals surface area (Å²) in [5.41, 5.74) is 9.23. The van der Waals surface area contributed by atoms with Crippen LogP contribution in [0.15, 0.2) is 188 Å². The molecule has 0 spiro atoms. The van der Waals surface area contributed by atoms with Gasteiger partial charge < -0.3 is 9.13 Å². The van der Waals surface area contributed by atoms with Crippen molar-refractivity contribution in [3.05, 3.63) is 205 Å². The number of alkyl halides is 3. The number of benzene rings is 8. The van der Waals surface area contributed by atoms with Crippen molar-refractivity contribution in [3.63, 3.8) is 0 Å². The highest BCUT2D eigenvalue weighted by atomic mass is 19.4. The van der Waals surface area contributed by atoms with Gasteiger partial charge in [-0.3, -0.25) is 0 Å². The van der Waals surface area contributed by atoms with Crippen LogP contribution in [-0.2, 0) is 6.18 Å². The summed E-state index contributed by atoms with van der Waals surface area (Å²) in [6.45, 7) is 0. The fraction of sp³-hybridized carbons (Fsp3) is 0.0182. The van der Waals surface area contributed by atoms with Crippen LogP contribution in [0.2, 0.25) is 0 Å². The third-order valence-corrected chi connectivity index (χ3v) is 11.8. The summed E-state index contributed by atoms with van der Waals surface area (Å²) in [6.07, 6.45) is -4.64. The number of rotatable bonds is 6. The third kappa shape index (κ3) is 6.34. The number of fused-ring (bicyclic) bond motifs is 6. The highest BCUT2D eigenvalue weighted by Gasteiger charge is 2.32. The van der Waals surface area contributed by atoms with Gasteiger partial charge in [-0.2, -0.15) is 23.7 Å². The zero-order valence-corrected chi connectivity index (χ0v) is 33.7. The quantitative estimate of drug-likeness (QED) is 0.167. The summed E-state index contributed by atoms with van der Waals surface area (Å²) in [4.78, 5) is 10.2. The van der Waals surface area contributed by atoms with Crippen LogP contribution in [0.25, 0.3) is 100 Å². The van der Waals surface area contributed by atoms with Crippen LogP contribution < -0.4 is 0 Å². The van der Waals surface area contributed by atoms with Crippen molar-refractivity contribution in [1.82, 2.24) is 19.1 Å². The zero-order chi connectivity index (χ0) is 43.5. The van der Waals surface area contributed by atoms with E-state index in [9.17, 15) is 23.7 Å². The molecule has 9 heteroatoms. The molecular weight excluding hydrogens is 802 g/mol. The van der Waals surface area contributed by atoms with Crippen molar-refractivity contribution in [2.24, 2.45) is 0 Å². The van der Waals surface area contributed by atoms with Gasteiger partial charge in [0.1, 0.15) is 0 Å². The molecule has 0 aliphatic heterocycles. The number of aromatic nitrogens is 4. The fourth-order valence-electron chi connectivity index (χ4n) is 8.90. The summed E-state index contributed by atoms with van der Waals surface area (Å²) < 4.78 is 48.5. The number of halogens is 3. The Kier molecular flexibility index (Phi) is 8.93. The minimum Gasteiger partial charge on any atom is -0.309 e. The maximum atomic E-state index is 14.9. The van der Waals surface area contributed by atoms with Crippen molar-refractivity contribution in [2.75, 3.05) is 0 Å². The van der Waals surface area contributed by atoms with Gasteiger partial charge in [0.2, 0.25) is 0 Å². The second-order valence-electron chi connectivity index (χ2n) is 15.5. The fourth-order valence-corrected chi connectivity index (χ4v) is 8.90. The topological polar surface area (TPSA) is 83.2 Å². The highest BCUT2D eigenvalue weighted by Crippen LogP contribution is 2.44. The number of hydrogen-bond acceptors (Lipinski definition) is 4. The van der Waals surface area contributed by atoms with E-state index in [0.717, 1.165) is 61.0 Å². The lowest BCUT2D eigenvalue weighted by molar-refractivity contribution is -0.137. The van der Waals surface area contributed by atoms with Crippen molar-refractivity contribution in [2.45, 2.75) is 6.18 Å². The van der Waals surface area contributed by atoms with Gasteiger partial charge in [-0.15, -0.1) is 0 Å². The third-order valence-electron chi connectivity index (χ3n) is 11.8. The lowest BCUT2D eigenvalue weighted by Crippen LogP contribution is -2.08. The average Bonchev–Trinajstić information content (AvgIpc) is 3.85. The molecule has 0 saturated heterocycles. The summed E-state index contributed by atoms with van der Waals surface area (Å²) in [7, 11) is 0. The number of nitrogens with zero attached hydrogens (tertiary/aromatic N) is 6. The molecule has 0 unspecified atom stereocenters. The number of hydrogen-bond donors (Lipinski definition) is 0. The van der Waals surface area contributed by atoms with Crippen molar-refractivity contribution >= 4 is 43.6 Å². The lowest BCUT2D eigenvalue weighted by Gasteiger charge is -2.21. The SMILES string of the molecule is N#Cc1ccc2c(c1)c1ccccc1n2-c1cc(-c2cc(-c3ccccc3)nc(-c3ccccc3)n2)ccc1-c1ccc(C(F)(F)F)cc1-n1c2ccccc2c2cc(C#N)ccc21. The van der Waals surface area contributed by atoms with Crippen molar-refractivity contribution < 1.29 is 13.2 Å². The number of nitriles is 2. The molecule has 0 fully saturated rings. The van der Waals surface area contributed by atoms with Crippen LogP contribution in [0.1, 0.15) is 16.7 Å². The molecule has 0 aliphatic carbocycles. The molecule has 6 nitrogen and oxygen atoms in total. The second kappa shape index (κ2) is 15.0. The van der Waals surface area contributed by atoms with E-state index in [-0.39, 0.29) is 0 Å². The minimum absolute atomic E-state index is 0.312. The largest absolute Gasteiger partial charge is 0.416 e. The van der Waals surface area contributed by atoms with E-state index in [0.29, 0.717) is 56.2 Å². The molecule has 0 radical (unpaired) electrons. The summed E-state index contributed by atoms with van der Waals surface area (Å²) in [6, 6.07) is 62.3. The molecule has 302 valence electrons. The molecule has 0 aliphatic rings. The van der Waals surface area contributed by atoms with Gasteiger partial charge in [0.25, 0.3) is 0 Å². The van der Waals surface area contributed by atoms with Crippen LogP contribution in [0.4, 0.5) is 13.2 Å². The maximum Gasteiger partial charge on any atom is 0.416 e. The molecule has 0 amide bonds. The molecule has 64 heavy (non-hydrogen) atoms. The molecule has 0 atom stereocenters. The Balaban J connectivity index is 1.25. The van der Waals surface area contributed by atoms with E-state index < -0.39 is 11.7 Å². The predicted molar refractivity (Wildman–Crippen MR) is 247 cm³/mol. The lowest BCUT2D eigenvalue weighted by atomic mass is 9.96. The Morgan fingerprint density at radius 2 is 0.875 bits per heavy atom. The van der Waals surface area contributed by atoms with Crippen molar-refractivity contribution in [3.8, 4) is 68.5 Å². The average molecular weight is 833 g/mol. The van der Waals surface area contributed by atoms with E-state index in [2.05, 4.69) is 16.7 Å². The van der Waals surface area contributed by atoms with E-state index >= 15 is 0 Å². The summed E-state index contributed by atoms with van der Waals surface area (Å²) >= 11 is 0. The molecule has 11 aromatic rings. The molecular formula is C55H31F3N6. The highest BCUT2D eigenvalue weighted by molar-refractivity contribution is 6.12. The van der Waals surface area contributed by atoms with Gasteiger partial charge >= 0.3 is 6.18 Å². The van der Waals surface area contributed by atoms with Gasteiger partial charge in [-0.25, -0.2) is 9.97 Å². The van der Waals surface area contributed by atoms with Gasteiger partial charge in [-0.05, 0) is 72.8 Å². The Bertz CT molecular complexity index is 3680. The minimum atomic E-state index is -4.64. The van der Waals surface area contributed by atoms with E-state index in [1.807, 2.05) is 150 Å². The molecule has 3 heterocycles. The standard InChI is InChI=1S/C55H31F3N6/c56-55(57,58)39-22-24-43(53(30-39)64-49-18-10-8-16-41(49)45-28-35(33-60)20-26-51(45)64)42-23-21-38(29-52(42)63-48-17-9-7-15-40(48)44-27-34(32-59)19-25-50(44)63)47-31-46(36-11-3-1-4-12-36)61-54(62-47)37-13-5-2-6-14-37/h1-31H. The van der Waals surface area contributed by atoms with Crippen LogP contribution in [0, 0.1) is 22.7 Å². The normalized spacial score (nSPS) is 11.6. The first-order chi connectivity index (χ1) is 31.3. The van der Waals surface area contributed by atoms with E-state index in [1.165, 1.54) is 6.07 Å². The molecule has 8 aromatic carbocycles. The Morgan fingerprint density at radius 3 is 1.42 bits per heavy atom. The zero-order valence-electron chi connectivity index (χ0n) is 33.7. The summed E-state index contributed by atoms with van der Waals surface area (Å²) in [5, 5.41) is 23.1. The Labute approximate surface area is 364 Å². The van der Waals surface area contributed by atoms with E-state index in [1.54, 1.807) is 30.3 Å². The molecule has 11 rings (SSSR count). The molecule has 0 saturated carbocycles. The molecule has 0 bridgehead atoms. The maximum absolute atomic E-state index is 14.9. The molecule has 3 aromatic heterocycles. The van der Waals surface area contributed by atoms with Gasteiger partial charge in [0.05, 0.1) is 73.7 Å². The second-order valence-corrected chi connectivity index (χ2v) is 15.5. The van der Waals surface area contributed by atoms with Crippen LogP contribution in [0.3, 0.4) is 0 Å². The first-order valence-corrected chi connectivity index (χ1v) is 20.5. The van der Waals surface area contributed by atoms with Crippen LogP contribution >= 0.6 is 0 Å². The first kappa shape index (κ1) is 38.2. The monoisotopic (exact) mass is 832 g/mol. The predicted octanol–water partition coefficient (Wildman–Crippen LogP) is 14.1. The van der Waals surface area contributed by atoms with Gasteiger partial charge in [0, 0.05) is 49.4 Å². The van der Waals surface area contributed by atoms with Crippen LogP contribution in [0.5, 0.6) is 0 Å². The van der Waals surface area contributed by atoms with Gasteiger partial charge in [-0.1, -0.05) is 115 Å². The molecule has 0 N–H and O–H groups in total. The number of para-hydroxylation sites is 2. The smallest absolute Gasteiger partial charge is 0.309 e.